The summed E-state index contributed by atoms with van der Waals surface area (Å²) in [6.45, 7) is 4.98. The Bertz CT molecular complexity index is 786. The van der Waals surface area contributed by atoms with E-state index in [0.29, 0.717) is 5.41 Å². The van der Waals surface area contributed by atoms with E-state index in [1.165, 1.54) is 31.3 Å². The number of hydrogen-bond acceptors (Lipinski definition) is 4. The van der Waals surface area contributed by atoms with Crippen LogP contribution < -0.4 is 5.32 Å². The van der Waals surface area contributed by atoms with Gasteiger partial charge in [-0.3, -0.25) is 0 Å². The molecular formula is C23H32N2OS. The van der Waals surface area contributed by atoms with E-state index < -0.39 is 5.60 Å². The second-order valence-corrected chi connectivity index (χ2v) is 10.7. The number of thiazole rings is 1. The van der Waals surface area contributed by atoms with Gasteiger partial charge >= 0.3 is 0 Å². The quantitative estimate of drug-likeness (QED) is 0.729. The molecule has 2 saturated carbocycles. The van der Waals surface area contributed by atoms with Crippen LogP contribution in [-0.4, -0.2) is 23.2 Å². The van der Waals surface area contributed by atoms with Gasteiger partial charge in [-0.1, -0.05) is 37.6 Å². The Morgan fingerprint density at radius 1 is 1.26 bits per heavy atom. The van der Waals surface area contributed by atoms with E-state index in [4.69, 9.17) is 0 Å². The fourth-order valence-corrected chi connectivity index (χ4v) is 7.87. The minimum atomic E-state index is -0.884. The maximum absolute atomic E-state index is 11.7. The molecule has 0 aliphatic heterocycles. The van der Waals surface area contributed by atoms with Crippen LogP contribution in [-0.2, 0) is 5.60 Å². The van der Waals surface area contributed by atoms with E-state index in [0.717, 1.165) is 36.3 Å². The normalized spacial score (nSPS) is 48.5. The molecule has 5 rings (SSSR count). The standard InChI is InChI=1S/C23H32N2OS/c1-21-9-4-5-17(21)16-7-6-15-11-23(26,20-13-27-14-25-20)19(24-3)12-22(15,2)18(16)8-10-21/h4,6,9,13-14,16-19,24,26H,5,7-8,10-12H2,1-3H3/t16-,17-,18-,19?,21-,22-,23?/m0/s1. The van der Waals surface area contributed by atoms with Crippen LogP contribution in [0.15, 0.2) is 34.7 Å². The largest absolute Gasteiger partial charge is 0.382 e. The van der Waals surface area contributed by atoms with Crippen molar-refractivity contribution in [2.75, 3.05) is 7.05 Å². The Balaban J connectivity index is 1.52. The van der Waals surface area contributed by atoms with Crippen molar-refractivity contribution in [3.63, 3.8) is 0 Å². The molecule has 4 aliphatic rings. The predicted molar refractivity (Wildman–Crippen MR) is 110 cm³/mol. The Hall–Kier alpha value is -0.970. The van der Waals surface area contributed by atoms with Crippen LogP contribution >= 0.6 is 11.3 Å². The third-order valence-electron chi connectivity index (χ3n) is 8.84. The summed E-state index contributed by atoms with van der Waals surface area (Å²) in [6.07, 6.45) is 14.3. The molecule has 146 valence electrons. The maximum atomic E-state index is 11.7. The van der Waals surface area contributed by atoms with Gasteiger partial charge in [-0.2, -0.15) is 0 Å². The van der Waals surface area contributed by atoms with Crippen molar-refractivity contribution < 1.29 is 5.11 Å². The van der Waals surface area contributed by atoms with Crippen LogP contribution in [0.3, 0.4) is 0 Å². The molecule has 0 saturated heterocycles. The number of nitrogens with one attached hydrogen (secondary N) is 1. The van der Waals surface area contributed by atoms with Crippen molar-refractivity contribution in [1.82, 2.24) is 10.3 Å². The van der Waals surface area contributed by atoms with Crippen LogP contribution in [0.5, 0.6) is 0 Å². The highest BCUT2D eigenvalue weighted by Crippen LogP contribution is 2.64. The van der Waals surface area contributed by atoms with E-state index in [-0.39, 0.29) is 11.5 Å². The van der Waals surface area contributed by atoms with Gasteiger partial charge in [0.25, 0.3) is 0 Å². The van der Waals surface area contributed by atoms with E-state index in [1.807, 2.05) is 17.9 Å². The van der Waals surface area contributed by atoms with Crippen LogP contribution in [0, 0.1) is 28.6 Å². The number of fused-ring (bicyclic) bond motifs is 5. The average Bonchev–Trinajstić information content (AvgIpc) is 3.31. The molecule has 0 aromatic carbocycles. The van der Waals surface area contributed by atoms with Crippen molar-refractivity contribution in [1.29, 1.82) is 0 Å². The molecule has 4 aliphatic carbocycles. The van der Waals surface area contributed by atoms with E-state index >= 15 is 0 Å². The first-order valence-corrected chi connectivity index (χ1v) is 11.5. The number of rotatable bonds is 2. The SMILES string of the molecule is CNC1C[C@@]2(C)C(=CC[C@H]3[C@@H]4CC=C[C@@]4(C)CC[C@@H]32)CC1(O)c1cscn1. The molecule has 0 bridgehead atoms. The molecule has 2 N–H and O–H groups in total. The first kappa shape index (κ1) is 18.1. The van der Waals surface area contributed by atoms with Crippen molar-refractivity contribution in [2.24, 2.45) is 28.6 Å². The number of allylic oxidation sites excluding steroid dienone is 3. The molecule has 0 radical (unpaired) electrons. The van der Waals surface area contributed by atoms with Gasteiger partial charge in [-0.05, 0) is 67.7 Å². The smallest absolute Gasteiger partial charge is 0.126 e. The highest BCUT2D eigenvalue weighted by molar-refractivity contribution is 7.07. The van der Waals surface area contributed by atoms with Crippen LogP contribution in [0.1, 0.15) is 58.1 Å². The summed E-state index contributed by atoms with van der Waals surface area (Å²) in [5.41, 5.74) is 3.90. The molecule has 2 unspecified atom stereocenters. The van der Waals surface area contributed by atoms with Gasteiger partial charge in [0.1, 0.15) is 5.60 Å². The van der Waals surface area contributed by atoms with Gasteiger partial charge in [-0.15, -0.1) is 11.3 Å². The average molecular weight is 385 g/mol. The van der Waals surface area contributed by atoms with Crippen molar-refractivity contribution in [3.8, 4) is 0 Å². The summed E-state index contributed by atoms with van der Waals surface area (Å²) in [5, 5.41) is 17.2. The Morgan fingerprint density at radius 3 is 2.85 bits per heavy atom. The fraction of sp³-hybridized carbons (Fsp3) is 0.696. The minimum absolute atomic E-state index is 0.0514. The molecule has 1 aromatic heterocycles. The van der Waals surface area contributed by atoms with Crippen LogP contribution in [0.25, 0.3) is 0 Å². The summed E-state index contributed by atoms with van der Waals surface area (Å²) >= 11 is 1.58. The Kier molecular flexibility index (Phi) is 4.03. The summed E-state index contributed by atoms with van der Waals surface area (Å²) in [4.78, 5) is 4.50. The van der Waals surface area contributed by atoms with Gasteiger partial charge in [0.2, 0.25) is 0 Å². The second kappa shape index (κ2) is 6.01. The lowest BCUT2D eigenvalue weighted by molar-refractivity contribution is -0.0806. The highest BCUT2D eigenvalue weighted by Gasteiger charge is 2.59. The molecule has 27 heavy (non-hydrogen) atoms. The highest BCUT2D eigenvalue weighted by atomic mass is 32.1. The third kappa shape index (κ3) is 2.42. The van der Waals surface area contributed by atoms with Crippen molar-refractivity contribution in [3.05, 3.63) is 40.4 Å². The molecule has 4 heteroatoms. The van der Waals surface area contributed by atoms with E-state index in [2.05, 4.69) is 42.4 Å². The van der Waals surface area contributed by atoms with Crippen LogP contribution in [0.4, 0.5) is 0 Å². The second-order valence-electron chi connectivity index (χ2n) is 9.96. The Morgan fingerprint density at radius 2 is 2.11 bits per heavy atom. The maximum Gasteiger partial charge on any atom is 0.126 e. The molecule has 7 atom stereocenters. The molecule has 0 spiro atoms. The monoisotopic (exact) mass is 384 g/mol. The third-order valence-corrected chi connectivity index (χ3v) is 9.43. The molecule has 2 fully saturated rings. The molecule has 1 heterocycles. The fourth-order valence-electron chi connectivity index (χ4n) is 7.24. The molecule has 1 aromatic rings. The molecule has 3 nitrogen and oxygen atoms in total. The zero-order valence-electron chi connectivity index (χ0n) is 16.7. The van der Waals surface area contributed by atoms with Gasteiger partial charge in [0, 0.05) is 17.8 Å². The summed E-state index contributed by atoms with van der Waals surface area (Å²) in [5.74, 6) is 2.33. The predicted octanol–water partition coefficient (Wildman–Crippen LogP) is 4.66. The first-order valence-electron chi connectivity index (χ1n) is 10.6. The summed E-state index contributed by atoms with van der Waals surface area (Å²) < 4.78 is 0. The zero-order valence-corrected chi connectivity index (χ0v) is 17.6. The van der Waals surface area contributed by atoms with E-state index in [9.17, 15) is 5.11 Å². The summed E-state index contributed by atoms with van der Waals surface area (Å²) in [7, 11) is 2.00. The minimum Gasteiger partial charge on any atom is -0.382 e. The topological polar surface area (TPSA) is 45.1 Å². The van der Waals surface area contributed by atoms with Gasteiger partial charge in [0.05, 0.1) is 11.2 Å². The lowest BCUT2D eigenvalue weighted by Gasteiger charge is -2.59. The lowest BCUT2D eigenvalue weighted by atomic mass is 9.46. The molecule has 0 amide bonds. The van der Waals surface area contributed by atoms with Gasteiger partial charge in [-0.25, -0.2) is 4.98 Å². The van der Waals surface area contributed by atoms with Crippen molar-refractivity contribution >= 4 is 11.3 Å². The molecular weight excluding hydrogens is 352 g/mol. The number of hydrogen-bond donors (Lipinski definition) is 2. The number of aromatic nitrogens is 1. The summed E-state index contributed by atoms with van der Waals surface area (Å²) in [6, 6.07) is 0.0514. The van der Waals surface area contributed by atoms with Gasteiger partial charge in [0.15, 0.2) is 0 Å². The van der Waals surface area contributed by atoms with E-state index in [1.54, 1.807) is 11.3 Å². The van der Waals surface area contributed by atoms with Crippen molar-refractivity contribution in [2.45, 2.75) is 64.0 Å². The van der Waals surface area contributed by atoms with Crippen LogP contribution in [0.2, 0.25) is 0 Å². The lowest BCUT2D eigenvalue weighted by Crippen LogP contribution is -2.59. The number of likely N-dealkylation sites (N-methyl/N-ethyl adjacent to an activating group) is 1. The zero-order chi connectivity index (χ0) is 18.9. The van der Waals surface area contributed by atoms with Gasteiger partial charge < -0.3 is 10.4 Å². The Labute approximate surface area is 167 Å². The first-order chi connectivity index (χ1) is 12.9. The number of aliphatic hydroxyl groups is 1. The number of nitrogens with zero attached hydrogens (tertiary/aromatic N) is 1.